The van der Waals surface area contributed by atoms with Gasteiger partial charge in [-0.2, -0.15) is 9.97 Å². The third-order valence-electron chi connectivity index (χ3n) is 3.22. The molecule has 0 amide bonds. The van der Waals surface area contributed by atoms with Crippen LogP contribution in [0.25, 0.3) is 0 Å². The van der Waals surface area contributed by atoms with Gasteiger partial charge in [-0.05, 0) is 13.0 Å². The van der Waals surface area contributed by atoms with E-state index in [1.54, 1.807) is 0 Å². The van der Waals surface area contributed by atoms with E-state index in [9.17, 15) is 0 Å². The van der Waals surface area contributed by atoms with Crippen LogP contribution in [0.2, 0.25) is 0 Å². The Morgan fingerprint density at radius 2 is 2.00 bits per heavy atom. The van der Waals surface area contributed by atoms with E-state index in [0.29, 0.717) is 5.95 Å². The molecule has 0 radical (unpaired) electrons. The first-order chi connectivity index (χ1) is 8.72. The Morgan fingerprint density at radius 3 is 2.61 bits per heavy atom. The number of anilines is 3. The molecule has 1 fully saturated rings. The number of nitrogens with zero attached hydrogens (tertiary/aromatic N) is 4. The summed E-state index contributed by atoms with van der Waals surface area (Å²) in [6, 6.07) is 1.95. The van der Waals surface area contributed by atoms with Gasteiger partial charge in [-0.15, -0.1) is 0 Å². The van der Waals surface area contributed by atoms with Gasteiger partial charge in [0.1, 0.15) is 11.6 Å². The Hall–Kier alpha value is -1.56. The van der Waals surface area contributed by atoms with Crippen molar-refractivity contribution in [3.05, 3.63) is 6.07 Å². The molecule has 1 aliphatic heterocycles. The number of piperazine rings is 1. The monoisotopic (exact) mass is 250 g/mol. The maximum Gasteiger partial charge on any atom is 0.223 e. The third-order valence-corrected chi connectivity index (χ3v) is 3.22. The topological polar surface area (TPSA) is 70.3 Å². The molecule has 0 bridgehead atoms. The first-order valence-corrected chi connectivity index (χ1v) is 6.52. The first-order valence-electron chi connectivity index (χ1n) is 6.52. The van der Waals surface area contributed by atoms with Crippen molar-refractivity contribution in [3.63, 3.8) is 0 Å². The van der Waals surface area contributed by atoms with Crippen molar-refractivity contribution in [2.75, 3.05) is 55.7 Å². The molecule has 0 unspecified atom stereocenters. The molecule has 1 aromatic heterocycles. The van der Waals surface area contributed by atoms with Crippen LogP contribution < -0.4 is 16.0 Å². The predicted molar refractivity (Wildman–Crippen MR) is 74.9 cm³/mol. The standard InChI is InChI=1S/C12H22N6/c1-3-4-17-5-7-18(8-6-17)11-9-10(14-2)15-12(13)16-11/h9H,3-8H2,1-2H3,(H3,13,14,15,16). The highest BCUT2D eigenvalue weighted by Crippen LogP contribution is 2.18. The largest absolute Gasteiger partial charge is 0.373 e. The van der Waals surface area contributed by atoms with Crippen molar-refractivity contribution in [2.45, 2.75) is 13.3 Å². The molecule has 1 aliphatic rings. The quantitative estimate of drug-likeness (QED) is 0.817. The van der Waals surface area contributed by atoms with Crippen molar-refractivity contribution < 1.29 is 0 Å². The lowest BCUT2D eigenvalue weighted by Crippen LogP contribution is -2.46. The number of nitrogens with one attached hydrogen (secondary N) is 1. The van der Waals surface area contributed by atoms with E-state index in [0.717, 1.165) is 37.8 Å². The highest BCUT2D eigenvalue weighted by atomic mass is 15.3. The average molecular weight is 250 g/mol. The lowest BCUT2D eigenvalue weighted by atomic mass is 10.3. The zero-order chi connectivity index (χ0) is 13.0. The Morgan fingerprint density at radius 1 is 1.28 bits per heavy atom. The normalized spacial score (nSPS) is 16.9. The fraction of sp³-hybridized carbons (Fsp3) is 0.667. The van der Waals surface area contributed by atoms with E-state index < -0.39 is 0 Å². The van der Waals surface area contributed by atoms with Gasteiger partial charge in [-0.3, -0.25) is 4.90 Å². The molecule has 0 aliphatic carbocycles. The molecule has 2 rings (SSSR count). The summed E-state index contributed by atoms with van der Waals surface area (Å²) >= 11 is 0. The van der Waals surface area contributed by atoms with Crippen molar-refractivity contribution >= 4 is 17.6 Å². The van der Waals surface area contributed by atoms with Crippen LogP contribution in [0, 0.1) is 0 Å². The van der Waals surface area contributed by atoms with Crippen LogP contribution in [0.5, 0.6) is 0 Å². The van der Waals surface area contributed by atoms with E-state index in [2.05, 4.69) is 32.0 Å². The van der Waals surface area contributed by atoms with E-state index in [-0.39, 0.29) is 0 Å². The van der Waals surface area contributed by atoms with Crippen LogP contribution in [0.15, 0.2) is 6.07 Å². The summed E-state index contributed by atoms with van der Waals surface area (Å²) in [5, 5.41) is 3.01. The molecule has 3 N–H and O–H groups in total. The smallest absolute Gasteiger partial charge is 0.223 e. The Bertz CT molecular complexity index is 386. The zero-order valence-corrected chi connectivity index (χ0v) is 11.2. The fourth-order valence-corrected chi connectivity index (χ4v) is 2.26. The summed E-state index contributed by atoms with van der Waals surface area (Å²) in [5.41, 5.74) is 5.72. The summed E-state index contributed by atoms with van der Waals surface area (Å²) in [6.07, 6.45) is 1.21. The van der Waals surface area contributed by atoms with Gasteiger partial charge in [0.15, 0.2) is 0 Å². The minimum absolute atomic E-state index is 0.327. The van der Waals surface area contributed by atoms with Gasteiger partial charge in [0.05, 0.1) is 0 Å². The molecule has 0 saturated carbocycles. The van der Waals surface area contributed by atoms with Crippen LogP contribution in [0.3, 0.4) is 0 Å². The van der Waals surface area contributed by atoms with E-state index >= 15 is 0 Å². The van der Waals surface area contributed by atoms with Gasteiger partial charge >= 0.3 is 0 Å². The molecule has 6 nitrogen and oxygen atoms in total. The Labute approximate surface area is 108 Å². The van der Waals surface area contributed by atoms with E-state index in [1.807, 2.05) is 13.1 Å². The van der Waals surface area contributed by atoms with Gasteiger partial charge in [0.25, 0.3) is 0 Å². The maximum atomic E-state index is 5.72. The Balaban J connectivity index is 2.02. The molecule has 0 spiro atoms. The van der Waals surface area contributed by atoms with Crippen molar-refractivity contribution in [1.82, 2.24) is 14.9 Å². The summed E-state index contributed by atoms with van der Waals surface area (Å²) in [7, 11) is 1.84. The summed E-state index contributed by atoms with van der Waals surface area (Å²) in [5.74, 6) is 2.02. The Kier molecular flexibility index (Phi) is 4.19. The molecule has 18 heavy (non-hydrogen) atoms. The molecule has 0 aromatic carbocycles. The maximum absolute atomic E-state index is 5.72. The molecule has 100 valence electrons. The van der Waals surface area contributed by atoms with Gasteiger partial charge in [0.2, 0.25) is 5.95 Å². The summed E-state index contributed by atoms with van der Waals surface area (Å²) < 4.78 is 0. The van der Waals surface area contributed by atoms with Gasteiger partial charge in [-0.25, -0.2) is 0 Å². The average Bonchev–Trinajstić information content (AvgIpc) is 2.39. The van der Waals surface area contributed by atoms with Gasteiger partial charge in [-0.1, -0.05) is 6.92 Å². The van der Waals surface area contributed by atoms with E-state index in [4.69, 9.17) is 5.73 Å². The fourth-order valence-electron chi connectivity index (χ4n) is 2.26. The molecular weight excluding hydrogens is 228 g/mol. The molecule has 1 saturated heterocycles. The summed E-state index contributed by atoms with van der Waals surface area (Å²) in [6.45, 7) is 7.58. The van der Waals surface area contributed by atoms with E-state index in [1.165, 1.54) is 13.0 Å². The van der Waals surface area contributed by atoms with Crippen molar-refractivity contribution in [2.24, 2.45) is 0 Å². The zero-order valence-electron chi connectivity index (χ0n) is 11.2. The predicted octanol–water partition coefficient (Wildman–Crippen LogP) is 0.633. The number of nitrogens with two attached hydrogens (primary N) is 1. The molecule has 0 atom stereocenters. The number of aromatic nitrogens is 2. The highest BCUT2D eigenvalue weighted by molar-refractivity contribution is 5.52. The molecule has 6 heteroatoms. The second kappa shape index (κ2) is 5.86. The lowest BCUT2D eigenvalue weighted by molar-refractivity contribution is 0.258. The van der Waals surface area contributed by atoms with Crippen LogP contribution >= 0.6 is 0 Å². The molecular formula is C12H22N6. The minimum atomic E-state index is 0.327. The second-order valence-corrected chi connectivity index (χ2v) is 4.55. The lowest BCUT2D eigenvalue weighted by Gasteiger charge is -2.35. The minimum Gasteiger partial charge on any atom is -0.373 e. The molecule has 1 aromatic rings. The van der Waals surface area contributed by atoms with Crippen molar-refractivity contribution in [3.8, 4) is 0 Å². The van der Waals surface area contributed by atoms with Crippen LogP contribution in [-0.2, 0) is 0 Å². The van der Waals surface area contributed by atoms with Crippen molar-refractivity contribution in [1.29, 1.82) is 0 Å². The van der Waals surface area contributed by atoms with Crippen LogP contribution in [-0.4, -0.2) is 54.6 Å². The number of hydrogen-bond donors (Lipinski definition) is 2. The number of rotatable bonds is 4. The van der Waals surface area contributed by atoms with Crippen LogP contribution in [0.1, 0.15) is 13.3 Å². The summed E-state index contributed by atoms with van der Waals surface area (Å²) in [4.78, 5) is 13.2. The number of hydrogen-bond acceptors (Lipinski definition) is 6. The first kappa shape index (κ1) is 12.9. The number of nitrogen functional groups attached to an aromatic ring is 1. The highest BCUT2D eigenvalue weighted by Gasteiger charge is 2.18. The second-order valence-electron chi connectivity index (χ2n) is 4.55. The van der Waals surface area contributed by atoms with Gasteiger partial charge < -0.3 is 16.0 Å². The van der Waals surface area contributed by atoms with Crippen LogP contribution in [0.4, 0.5) is 17.6 Å². The third kappa shape index (κ3) is 3.01. The SMILES string of the molecule is CCCN1CCN(c2cc(NC)nc(N)n2)CC1. The van der Waals surface area contributed by atoms with Gasteiger partial charge in [0, 0.05) is 39.3 Å². The molecule has 2 heterocycles.